The van der Waals surface area contributed by atoms with Gasteiger partial charge in [0.1, 0.15) is 0 Å². The monoisotopic (exact) mass is 316 g/mol. The van der Waals surface area contributed by atoms with E-state index in [0.717, 1.165) is 31.5 Å². The molecule has 23 heavy (non-hydrogen) atoms. The highest BCUT2D eigenvalue weighted by Crippen LogP contribution is 2.28. The predicted octanol–water partition coefficient (Wildman–Crippen LogP) is 1.84. The number of allylic oxidation sites excluding steroid dienone is 1. The van der Waals surface area contributed by atoms with Crippen molar-refractivity contribution in [3.63, 3.8) is 0 Å². The summed E-state index contributed by atoms with van der Waals surface area (Å²) in [7, 11) is 1.59. The highest BCUT2D eigenvalue weighted by molar-refractivity contribution is 5.77. The van der Waals surface area contributed by atoms with Crippen molar-refractivity contribution in [1.29, 1.82) is 0 Å². The Kier molecular flexibility index (Phi) is 6.69. The first-order valence-corrected chi connectivity index (χ1v) is 7.79. The molecule has 0 saturated heterocycles. The second kappa shape index (κ2) is 9.00. The van der Waals surface area contributed by atoms with Crippen molar-refractivity contribution in [2.75, 3.05) is 33.4 Å². The fourth-order valence-electron chi connectivity index (χ4n) is 2.36. The standard InChI is InChI=1S/C18H24N2O3/c1-3-4-14-5-6-16(17(11-14)22-2)23-13-18(21)20-12-15-7-9-19-10-8-15/h3,5-7,11,19H,1,4,8-10,12-13H2,2H3,(H,20,21). The summed E-state index contributed by atoms with van der Waals surface area (Å²) < 4.78 is 10.9. The second-order valence-electron chi connectivity index (χ2n) is 5.36. The molecule has 0 bridgehead atoms. The molecule has 0 fully saturated rings. The molecular formula is C18H24N2O3. The van der Waals surface area contributed by atoms with Crippen molar-refractivity contribution in [3.05, 3.63) is 48.1 Å². The van der Waals surface area contributed by atoms with E-state index < -0.39 is 0 Å². The summed E-state index contributed by atoms with van der Waals surface area (Å²) in [6.07, 6.45) is 5.69. The zero-order valence-corrected chi connectivity index (χ0v) is 13.6. The lowest BCUT2D eigenvalue weighted by Crippen LogP contribution is -2.32. The van der Waals surface area contributed by atoms with E-state index in [1.807, 2.05) is 24.3 Å². The van der Waals surface area contributed by atoms with Gasteiger partial charge in [0.05, 0.1) is 7.11 Å². The number of hydrogen-bond acceptors (Lipinski definition) is 4. The van der Waals surface area contributed by atoms with E-state index in [1.54, 1.807) is 7.11 Å². The Hall–Kier alpha value is -2.27. The molecule has 0 saturated carbocycles. The molecule has 0 aromatic heterocycles. The van der Waals surface area contributed by atoms with E-state index >= 15 is 0 Å². The Morgan fingerprint density at radius 3 is 3.00 bits per heavy atom. The Morgan fingerprint density at radius 1 is 1.43 bits per heavy atom. The van der Waals surface area contributed by atoms with Crippen LogP contribution in [-0.4, -0.2) is 39.3 Å². The number of hydrogen-bond donors (Lipinski definition) is 2. The van der Waals surface area contributed by atoms with Crippen molar-refractivity contribution in [2.24, 2.45) is 0 Å². The normalized spacial score (nSPS) is 13.9. The molecule has 5 heteroatoms. The van der Waals surface area contributed by atoms with E-state index in [2.05, 4.69) is 23.3 Å². The molecule has 5 nitrogen and oxygen atoms in total. The highest BCUT2D eigenvalue weighted by atomic mass is 16.5. The van der Waals surface area contributed by atoms with Crippen molar-refractivity contribution in [2.45, 2.75) is 12.8 Å². The van der Waals surface area contributed by atoms with E-state index in [4.69, 9.17) is 9.47 Å². The maximum absolute atomic E-state index is 11.9. The van der Waals surface area contributed by atoms with Gasteiger partial charge in [-0.2, -0.15) is 0 Å². The first kappa shape index (κ1) is 17.1. The van der Waals surface area contributed by atoms with E-state index in [9.17, 15) is 4.79 Å². The fraction of sp³-hybridized carbons (Fsp3) is 0.389. The average Bonchev–Trinajstić information content (AvgIpc) is 2.59. The van der Waals surface area contributed by atoms with Gasteiger partial charge in [-0.25, -0.2) is 0 Å². The summed E-state index contributed by atoms with van der Waals surface area (Å²) in [5.74, 6) is 1.05. The number of ether oxygens (including phenoxy) is 2. The Bertz CT molecular complexity index is 582. The third kappa shape index (κ3) is 5.45. The molecular weight excluding hydrogens is 292 g/mol. The van der Waals surface area contributed by atoms with Crippen LogP contribution in [0.2, 0.25) is 0 Å². The van der Waals surface area contributed by atoms with Crippen molar-refractivity contribution >= 4 is 5.91 Å². The minimum Gasteiger partial charge on any atom is -0.493 e. The number of amides is 1. The molecule has 1 aromatic rings. The molecule has 1 aliphatic rings. The van der Waals surface area contributed by atoms with Crippen LogP contribution in [0, 0.1) is 0 Å². The molecule has 124 valence electrons. The van der Waals surface area contributed by atoms with Crippen molar-refractivity contribution in [1.82, 2.24) is 10.6 Å². The molecule has 0 aliphatic carbocycles. The highest BCUT2D eigenvalue weighted by Gasteiger charge is 2.09. The van der Waals surface area contributed by atoms with Crippen LogP contribution in [0.1, 0.15) is 12.0 Å². The summed E-state index contributed by atoms with van der Waals surface area (Å²) in [4.78, 5) is 11.9. The van der Waals surface area contributed by atoms with Gasteiger partial charge in [0.15, 0.2) is 18.1 Å². The lowest BCUT2D eigenvalue weighted by atomic mass is 10.1. The second-order valence-corrected chi connectivity index (χ2v) is 5.36. The Morgan fingerprint density at radius 2 is 2.30 bits per heavy atom. The summed E-state index contributed by atoms with van der Waals surface area (Å²) in [6.45, 7) is 6.11. The number of carbonyl (C=O) groups excluding carboxylic acids is 1. The molecule has 0 radical (unpaired) electrons. The summed E-state index contributed by atoms with van der Waals surface area (Å²) in [6, 6.07) is 5.66. The third-order valence-electron chi connectivity index (χ3n) is 3.64. The summed E-state index contributed by atoms with van der Waals surface area (Å²) >= 11 is 0. The molecule has 1 aromatic carbocycles. The van der Waals surface area contributed by atoms with E-state index in [0.29, 0.717) is 18.0 Å². The van der Waals surface area contributed by atoms with E-state index in [-0.39, 0.29) is 12.5 Å². The average molecular weight is 316 g/mol. The van der Waals surface area contributed by atoms with E-state index in [1.165, 1.54) is 5.57 Å². The number of methoxy groups -OCH3 is 1. The van der Waals surface area contributed by atoms with Crippen LogP contribution in [0.5, 0.6) is 11.5 Å². The maximum Gasteiger partial charge on any atom is 0.258 e. The number of rotatable bonds is 8. The van der Waals surface area contributed by atoms with Crippen molar-refractivity contribution < 1.29 is 14.3 Å². The zero-order valence-electron chi connectivity index (χ0n) is 13.6. The molecule has 0 atom stereocenters. The van der Waals surface area contributed by atoms with Crippen LogP contribution in [-0.2, 0) is 11.2 Å². The smallest absolute Gasteiger partial charge is 0.258 e. The fourth-order valence-corrected chi connectivity index (χ4v) is 2.36. The van der Waals surface area contributed by atoms with Crippen molar-refractivity contribution in [3.8, 4) is 11.5 Å². The number of benzene rings is 1. The van der Waals surface area contributed by atoms with Crippen LogP contribution in [0.15, 0.2) is 42.5 Å². The molecule has 1 heterocycles. The predicted molar refractivity (Wildman–Crippen MR) is 91.0 cm³/mol. The Balaban J connectivity index is 1.83. The van der Waals surface area contributed by atoms with Gasteiger partial charge in [0.2, 0.25) is 0 Å². The van der Waals surface area contributed by atoms with Crippen LogP contribution in [0.3, 0.4) is 0 Å². The summed E-state index contributed by atoms with van der Waals surface area (Å²) in [5, 5.41) is 6.12. The van der Waals surface area contributed by atoms with Gasteiger partial charge in [0.25, 0.3) is 5.91 Å². The Labute approximate surface area is 137 Å². The topological polar surface area (TPSA) is 59.6 Å². The first-order chi connectivity index (χ1) is 11.2. The summed E-state index contributed by atoms with van der Waals surface area (Å²) in [5.41, 5.74) is 2.34. The quantitative estimate of drug-likeness (QED) is 0.719. The largest absolute Gasteiger partial charge is 0.493 e. The third-order valence-corrected chi connectivity index (χ3v) is 3.64. The number of nitrogens with one attached hydrogen (secondary N) is 2. The lowest BCUT2D eigenvalue weighted by molar-refractivity contribution is -0.122. The minimum atomic E-state index is -0.137. The first-order valence-electron chi connectivity index (χ1n) is 7.79. The van der Waals surface area contributed by atoms with Crippen LogP contribution >= 0.6 is 0 Å². The van der Waals surface area contributed by atoms with Gasteiger partial charge in [-0.05, 0) is 37.1 Å². The molecule has 0 spiro atoms. The molecule has 1 aliphatic heterocycles. The van der Waals surface area contributed by atoms with Crippen LogP contribution in [0.25, 0.3) is 0 Å². The van der Waals surface area contributed by atoms with Gasteiger partial charge in [-0.15, -0.1) is 6.58 Å². The zero-order chi connectivity index (χ0) is 16.5. The van der Waals surface area contributed by atoms with Gasteiger partial charge in [-0.3, -0.25) is 4.79 Å². The number of carbonyl (C=O) groups is 1. The molecule has 2 N–H and O–H groups in total. The van der Waals surface area contributed by atoms with Gasteiger partial charge < -0.3 is 20.1 Å². The molecule has 2 rings (SSSR count). The molecule has 0 unspecified atom stereocenters. The lowest BCUT2D eigenvalue weighted by Gasteiger charge is -2.15. The van der Waals surface area contributed by atoms with Crippen LogP contribution in [0.4, 0.5) is 0 Å². The SMILES string of the molecule is C=CCc1ccc(OCC(=O)NCC2=CCNCC2)c(OC)c1. The van der Waals surface area contributed by atoms with Gasteiger partial charge >= 0.3 is 0 Å². The van der Waals surface area contributed by atoms with Crippen LogP contribution < -0.4 is 20.1 Å². The van der Waals surface area contributed by atoms with Gasteiger partial charge in [-0.1, -0.05) is 23.8 Å². The molecule has 1 amide bonds. The maximum atomic E-state index is 11.9. The minimum absolute atomic E-state index is 0.0251. The van der Waals surface area contributed by atoms with Gasteiger partial charge in [0, 0.05) is 13.1 Å².